The zero-order chi connectivity index (χ0) is 13.8. The zero-order valence-electron chi connectivity index (χ0n) is 11.1. The maximum atomic E-state index is 11.7. The fraction of sp³-hybridized carbons (Fsp3) is 0.429. The third-order valence-corrected chi connectivity index (χ3v) is 2.32. The minimum atomic E-state index is -0.514. The van der Waals surface area contributed by atoms with Gasteiger partial charge in [0.25, 0.3) is 0 Å². The second-order valence-corrected chi connectivity index (χ2v) is 5.48. The number of nitrogens with zero attached hydrogens (tertiary/aromatic N) is 1. The van der Waals surface area contributed by atoms with Crippen LogP contribution in [0.5, 0.6) is 0 Å². The van der Waals surface area contributed by atoms with Gasteiger partial charge in [-0.15, -0.1) is 0 Å². The van der Waals surface area contributed by atoms with Crippen molar-refractivity contribution >= 4 is 23.8 Å². The molecule has 0 fully saturated rings. The molecule has 0 radical (unpaired) electrons. The van der Waals surface area contributed by atoms with Crippen molar-refractivity contribution in [2.45, 2.75) is 39.3 Å². The molecule has 98 valence electrons. The lowest BCUT2D eigenvalue weighted by Gasteiger charge is -2.20. The Balaban J connectivity index is 2.61. The summed E-state index contributed by atoms with van der Waals surface area (Å²) in [5.74, 6) is -0.326. The molecule has 0 aliphatic heterocycles. The largest absolute Gasteiger partial charge is 0.458 e. The van der Waals surface area contributed by atoms with Crippen molar-refractivity contribution in [1.82, 2.24) is 0 Å². The molecule has 0 amide bonds. The predicted molar refractivity (Wildman–Crippen MR) is 74.4 cm³/mol. The Labute approximate surface area is 113 Å². The number of carbonyl (C=O) groups is 1. The van der Waals surface area contributed by atoms with Gasteiger partial charge in [-0.25, -0.2) is 4.79 Å². The van der Waals surface area contributed by atoms with Crippen molar-refractivity contribution < 1.29 is 9.53 Å². The van der Waals surface area contributed by atoms with E-state index in [2.05, 4.69) is 4.99 Å². The standard InChI is InChI=1S/C14H18ClNO2/c1-10(13(17)18-14(2,3)4)16-9-11-5-7-12(15)8-6-11/h5-10H,1-4H3. The summed E-state index contributed by atoms with van der Waals surface area (Å²) in [5, 5.41) is 0.673. The minimum Gasteiger partial charge on any atom is -0.458 e. The van der Waals surface area contributed by atoms with E-state index < -0.39 is 11.6 Å². The summed E-state index contributed by atoms with van der Waals surface area (Å²) in [5.41, 5.74) is 0.413. The fourth-order valence-electron chi connectivity index (χ4n) is 1.19. The first-order chi connectivity index (χ1) is 8.28. The first-order valence-electron chi connectivity index (χ1n) is 5.79. The quantitative estimate of drug-likeness (QED) is 0.621. The molecule has 0 N–H and O–H groups in total. The number of aliphatic imine (C=N–C) groups is 1. The molecule has 18 heavy (non-hydrogen) atoms. The van der Waals surface area contributed by atoms with Crippen LogP contribution in [0.15, 0.2) is 29.3 Å². The summed E-state index contributed by atoms with van der Waals surface area (Å²) in [7, 11) is 0. The SMILES string of the molecule is CC(N=Cc1ccc(Cl)cc1)C(=O)OC(C)(C)C. The van der Waals surface area contributed by atoms with E-state index in [1.807, 2.05) is 32.9 Å². The van der Waals surface area contributed by atoms with Crippen LogP contribution in [0.4, 0.5) is 0 Å². The highest BCUT2D eigenvalue weighted by Crippen LogP contribution is 2.10. The van der Waals surface area contributed by atoms with Gasteiger partial charge in [0, 0.05) is 11.2 Å². The lowest BCUT2D eigenvalue weighted by Crippen LogP contribution is -2.29. The van der Waals surface area contributed by atoms with E-state index in [-0.39, 0.29) is 5.97 Å². The average Bonchev–Trinajstić information content (AvgIpc) is 2.25. The Hall–Kier alpha value is -1.35. The lowest BCUT2D eigenvalue weighted by molar-refractivity contribution is -0.155. The predicted octanol–water partition coefficient (Wildman–Crippen LogP) is 3.49. The van der Waals surface area contributed by atoms with E-state index in [0.717, 1.165) is 5.56 Å². The summed E-state index contributed by atoms with van der Waals surface area (Å²) >= 11 is 5.78. The van der Waals surface area contributed by atoms with Crippen LogP contribution in [0.1, 0.15) is 33.3 Å². The molecule has 0 bridgehead atoms. The van der Waals surface area contributed by atoms with Crippen LogP contribution in [0.3, 0.4) is 0 Å². The third-order valence-electron chi connectivity index (χ3n) is 2.07. The highest BCUT2D eigenvalue weighted by molar-refractivity contribution is 6.30. The molecular weight excluding hydrogens is 250 g/mol. The number of ether oxygens (including phenoxy) is 1. The smallest absolute Gasteiger partial charge is 0.331 e. The molecule has 1 unspecified atom stereocenters. The van der Waals surface area contributed by atoms with Crippen molar-refractivity contribution in [1.29, 1.82) is 0 Å². The number of rotatable bonds is 3. The van der Waals surface area contributed by atoms with Gasteiger partial charge in [0.05, 0.1) is 0 Å². The molecule has 1 atom stereocenters. The highest BCUT2D eigenvalue weighted by atomic mass is 35.5. The van der Waals surface area contributed by atoms with Crippen molar-refractivity contribution in [2.24, 2.45) is 4.99 Å². The fourth-order valence-corrected chi connectivity index (χ4v) is 1.32. The monoisotopic (exact) mass is 267 g/mol. The zero-order valence-corrected chi connectivity index (χ0v) is 11.9. The van der Waals surface area contributed by atoms with Gasteiger partial charge >= 0.3 is 5.97 Å². The van der Waals surface area contributed by atoms with Crippen LogP contribution >= 0.6 is 11.6 Å². The minimum absolute atomic E-state index is 0.326. The Morgan fingerprint density at radius 1 is 1.33 bits per heavy atom. The summed E-state index contributed by atoms with van der Waals surface area (Å²) in [4.78, 5) is 15.8. The number of halogens is 1. The van der Waals surface area contributed by atoms with Gasteiger partial charge in [-0.1, -0.05) is 23.7 Å². The van der Waals surface area contributed by atoms with Crippen molar-refractivity contribution in [2.75, 3.05) is 0 Å². The van der Waals surface area contributed by atoms with Gasteiger partial charge in [-0.2, -0.15) is 0 Å². The summed E-state index contributed by atoms with van der Waals surface area (Å²) in [6, 6.07) is 6.73. The van der Waals surface area contributed by atoms with Gasteiger partial charge in [-0.05, 0) is 45.4 Å². The molecule has 1 rings (SSSR count). The van der Waals surface area contributed by atoms with Crippen LogP contribution in [0.2, 0.25) is 5.02 Å². The lowest BCUT2D eigenvalue weighted by atomic mass is 10.2. The van der Waals surface area contributed by atoms with Crippen molar-refractivity contribution in [3.8, 4) is 0 Å². The summed E-state index contributed by atoms with van der Waals surface area (Å²) in [6.45, 7) is 7.21. The Bertz CT molecular complexity index is 432. The molecule has 0 aliphatic carbocycles. The first kappa shape index (κ1) is 14.7. The first-order valence-corrected chi connectivity index (χ1v) is 6.17. The van der Waals surface area contributed by atoms with Gasteiger partial charge in [0.2, 0.25) is 0 Å². The maximum Gasteiger partial charge on any atom is 0.331 e. The Morgan fingerprint density at radius 3 is 2.39 bits per heavy atom. The normalized spacial score (nSPS) is 13.6. The Kier molecular flexibility index (Phi) is 4.91. The van der Waals surface area contributed by atoms with Crippen LogP contribution in [-0.2, 0) is 9.53 Å². The third kappa shape index (κ3) is 5.32. The van der Waals surface area contributed by atoms with E-state index in [0.29, 0.717) is 5.02 Å². The number of benzene rings is 1. The molecule has 0 spiro atoms. The summed E-state index contributed by atoms with van der Waals surface area (Å²) in [6.07, 6.45) is 1.64. The van der Waals surface area contributed by atoms with Crippen LogP contribution in [0, 0.1) is 0 Å². The van der Waals surface area contributed by atoms with E-state index in [1.165, 1.54) is 0 Å². The molecule has 4 heteroatoms. The molecule has 0 saturated carbocycles. The molecule has 1 aromatic rings. The molecule has 0 aromatic heterocycles. The maximum absolute atomic E-state index is 11.7. The van der Waals surface area contributed by atoms with Gasteiger partial charge in [0.15, 0.2) is 0 Å². The van der Waals surface area contributed by atoms with E-state index in [9.17, 15) is 4.79 Å². The molecule has 0 saturated heterocycles. The van der Waals surface area contributed by atoms with Crippen LogP contribution < -0.4 is 0 Å². The van der Waals surface area contributed by atoms with E-state index in [1.54, 1.807) is 25.3 Å². The number of carbonyl (C=O) groups excluding carboxylic acids is 1. The molecule has 0 aliphatic rings. The number of hydrogen-bond donors (Lipinski definition) is 0. The van der Waals surface area contributed by atoms with Crippen molar-refractivity contribution in [3.05, 3.63) is 34.9 Å². The second kappa shape index (κ2) is 6.01. The Morgan fingerprint density at radius 2 is 1.89 bits per heavy atom. The molecular formula is C14H18ClNO2. The van der Waals surface area contributed by atoms with Crippen LogP contribution in [-0.4, -0.2) is 23.8 Å². The second-order valence-electron chi connectivity index (χ2n) is 5.04. The van der Waals surface area contributed by atoms with Crippen molar-refractivity contribution in [3.63, 3.8) is 0 Å². The molecule has 1 aromatic carbocycles. The van der Waals surface area contributed by atoms with Crippen LogP contribution in [0.25, 0.3) is 0 Å². The molecule has 0 heterocycles. The van der Waals surface area contributed by atoms with Gasteiger partial charge in [0.1, 0.15) is 11.6 Å². The number of esters is 1. The topological polar surface area (TPSA) is 38.7 Å². The van der Waals surface area contributed by atoms with Gasteiger partial charge < -0.3 is 4.74 Å². The summed E-state index contributed by atoms with van der Waals surface area (Å²) < 4.78 is 5.23. The average molecular weight is 268 g/mol. The number of hydrogen-bond acceptors (Lipinski definition) is 3. The molecule has 3 nitrogen and oxygen atoms in total. The van der Waals surface area contributed by atoms with E-state index in [4.69, 9.17) is 16.3 Å². The highest BCUT2D eigenvalue weighted by Gasteiger charge is 2.20. The van der Waals surface area contributed by atoms with Gasteiger partial charge in [-0.3, -0.25) is 4.99 Å². The van der Waals surface area contributed by atoms with E-state index >= 15 is 0 Å².